The Hall–Kier alpha value is -3.08. The van der Waals surface area contributed by atoms with Crippen molar-refractivity contribution in [2.75, 3.05) is 29.9 Å². The number of para-hydroxylation sites is 1. The van der Waals surface area contributed by atoms with E-state index in [9.17, 15) is 18.3 Å². The number of piperazine rings is 1. The average Bonchev–Trinajstić information content (AvgIpc) is 2.68. The summed E-state index contributed by atoms with van der Waals surface area (Å²) in [6.07, 6.45) is -5.08. The molecule has 29 heavy (non-hydrogen) atoms. The number of anilines is 2. The monoisotopic (exact) mass is 411 g/mol. The number of halogens is 3. The van der Waals surface area contributed by atoms with Crippen LogP contribution < -0.4 is 15.5 Å². The van der Waals surface area contributed by atoms with Crippen LogP contribution in [0.2, 0.25) is 0 Å². The molecule has 1 aromatic carbocycles. The molecule has 0 amide bonds. The lowest BCUT2D eigenvalue weighted by atomic mass is 10.0. The van der Waals surface area contributed by atoms with Gasteiger partial charge in [-0.25, -0.2) is 4.79 Å². The predicted molar refractivity (Wildman–Crippen MR) is 99.9 cm³/mol. The summed E-state index contributed by atoms with van der Waals surface area (Å²) in [7, 11) is 0. The summed E-state index contributed by atoms with van der Waals surface area (Å²) in [6.45, 7) is 5.06. The molecule has 2 aliphatic heterocycles. The second kappa shape index (κ2) is 8.11. The van der Waals surface area contributed by atoms with Crippen LogP contribution in [0.25, 0.3) is 11.3 Å². The van der Waals surface area contributed by atoms with E-state index in [2.05, 4.69) is 32.7 Å². The van der Waals surface area contributed by atoms with Crippen molar-refractivity contribution in [3.05, 3.63) is 30.3 Å². The normalized spacial score (nSPS) is 20.5. The summed E-state index contributed by atoms with van der Waals surface area (Å²) < 4.78 is 31.7. The van der Waals surface area contributed by atoms with Crippen molar-refractivity contribution in [3.63, 3.8) is 0 Å². The number of hydrogen-bond acceptors (Lipinski definition) is 7. The molecule has 156 valence electrons. The maximum absolute atomic E-state index is 10.6. The van der Waals surface area contributed by atoms with Gasteiger partial charge in [0.25, 0.3) is 0 Å². The molecule has 8 nitrogen and oxygen atoms in total. The van der Waals surface area contributed by atoms with Crippen LogP contribution >= 0.6 is 0 Å². The van der Waals surface area contributed by atoms with Crippen molar-refractivity contribution in [2.45, 2.75) is 25.2 Å². The van der Waals surface area contributed by atoms with Crippen molar-refractivity contribution in [1.82, 2.24) is 15.5 Å². The Morgan fingerprint density at radius 3 is 2.62 bits per heavy atom. The summed E-state index contributed by atoms with van der Waals surface area (Å²) in [5, 5.41) is 32.7. The first-order chi connectivity index (χ1) is 13.7. The molecular weight excluding hydrogens is 391 g/mol. The van der Waals surface area contributed by atoms with Crippen molar-refractivity contribution in [1.29, 1.82) is 0 Å². The Balaban J connectivity index is 0.000000298. The van der Waals surface area contributed by atoms with E-state index >= 15 is 0 Å². The zero-order valence-corrected chi connectivity index (χ0v) is 15.4. The van der Waals surface area contributed by atoms with Gasteiger partial charge in [0.15, 0.2) is 5.82 Å². The quantitative estimate of drug-likeness (QED) is 0.565. The second-order valence-corrected chi connectivity index (χ2v) is 6.68. The van der Waals surface area contributed by atoms with E-state index in [1.165, 1.54) is 0 Å². The third-order valence-corrected chi connectivity index (χ3v) is 4.73. The molecule has 0 bridgehead atoms. The molecule has 11 heteroatoms. The number of carbonyl (C=O) groups is 1. The van der Waals surface area contributed by atoms with Gasteiger partial charge in [0.2, 0.25) is 0 Å². The molecule has 0 radical (unpaired) electrons. The van der Waals surface area contributed by atoms with Gasteiger partial charge in [-0.3, -0.25) is 0 Å². The maximum Gasteiger partial charge on any atom is 0.490 e. The number of aromatic nitrogens is 2. The first-order valence-electron chi connectivity index (χ1n) is 8.88. The molecule has 0 spiro atoms. The zero-order chi connectivity index (χ0) is 21.2. The van der Waals surface area contributed by atoms with Gasteiger partial charge in [0, 0.05) is 31.2 Å². The van der Waals surface area contributed by atoms with Gasteiger partial charge in [-0.15, -0.1) is 10.2 Å². The lowest BCUT2D eigenvalue weighted by molar-refractivity contribution is -0.192. The first-order valence-corrected chi connectivity index (χ1v) is 8.88. The summed E-state index contributed by atoms with van der Waals surface area (Å²) in [5.74, 6) is -1.71. The SMILES string of the molecule is C[C@H]1Nc2nnc(-c3ccccc3O)cc2N2CCNC[C@@H]12.O=C(O)C(F)(F)F. The number of nitrogens with zero attached hydrogens (tertiary/aromatic N) is 3. The van der Waals surface area contributed by atoms with Crippen LogP contribution in [-0.2, 0) is 4.79 Å². The molecule has 1 saturated heterocycles. The lowest BCUT2D eigenvalue weighted by Crippen LogP contribution is -2.60. The van der Waals surface area contributed by atoms with Gasteiger partial charge in [-0.2, -0.15) is 13.2 Å². The number of phenolic OH excluding ortho intramolecular Hbond substituents is 1. The summed E-state index contributed by atoms with van der Waals surface area (Å²) in [4.78, 5) is 11.3. The highest BCUT2D eigenvalue weighted by Crippen LogP contribution is 2.36. The number of hydrogen-bond donors (Lipinski definition) is 4. The van der Waals surface area contributed by atoms with Crippen LogP contribution in [-0.4, -0.2) is 64.3 Å². The van der Waals surface area contributed by atoms with Crippen LogP contribution in [0, 0.1) is 0 Å². The van der Waals surface area contributed by atoms with Crippen LogP contribution in [0.5, 0.6) is 5.75 Å². The number of rotatable bonds is 1. The summed E-state index contributed by atoms with van der Waals surface area (Å²) in [6, 6.07) is 9.98. The van der Waals surface area contributed by atoms with Crippen molar-refractivity contribution >= 4 is 17.5 Å². The number of carboxylic acids is 1. The minimum absolute atomic E-state index is 0.228. The molecule has 4 rings (SSSR count). The van der Waals surface area contributed by atoms with E-state index in [0.717, 1.165) is 31.1 Å². The highest BCUT2D eigenvalue weighted by atomic mass is 19.4. The number of benzene rings is 1. The predicted octanol–water partition coefficient (Wildman–Crippen LogP) is 2.07. The third kappa shape index (κ3) is 4.50. The number of aliphatic carboxylic acids is 1. The molecule has 3 heterocycles. The van der Waals surface area contributed by atoms with Crippen molar-refractivity contribution in [3.8, 4) is 17.0 Å². The van der Waals surface area contributed by atoms with E-state index in [-0.39, 0.29) is 5.75 Å². The van der Waals surface area contributed by atoms with Gasteiger partial charge in [-0.1, -0.05) is 12.1 Å². The zero-order valence-electron chi connectivity index (χ0n) is 15.4. The molecule has 0 aliphatic carbocycles. The minimum Gasteiger partial charge on any atom is -0.507 e. The van der Waals surface area contributed by atoms with E-state index in [1.54, 1.807) is 12.1 Å². The van der Waals surface area contributed by atoms with Crippen LogP contribution in [0.15, 0.2) is 30.3 Å². The fourth-order valence-electron chi connectivity index (χ4n) is 3.31. The Labute approximate surface area is 164 Å². The molecule has 0 saturated carbocycles. The third-order valence-electron chi connectivity index (χ3n) is 4.73. The number of aromatic hydroxyl groups is 1. The minimum atomic E-state index is -5.08. The molecule has 1 fully saturated rings. The Bertz CT molecular complexity index is 893. The highest BCUT2D eigenvalue weighted by molar-refractivity contribution is 5.77. The number of nitrogens with one attached hydrogen (secondary N) is 2. The largest absolute Gasteiger partial charge is 0.507 e. The van der Waals surface area contributed by atoms with E-state index in [0.29, 0.717) is 23.3 Å². The van der Waals surface area contributed by atoms with Crippen LogP contribution in [0.3, 0.4) is 0 Å². The smallest absolute Gasteiger partial charge is 0.490 e. The lowest BCUT2D eigenvalue weighted by Gasteiger charge is -2.45. The Kier molecular flexibility index (Phi) is 5.78. The van der Waals surface area contributed by atoms with E-state index < -0.39 is 12.1 Å². The standard InChI is InChI=1S/C16H19N5O.C2HF3O2/c1-10-14-9-17-6-7-21(14)13-8-12(19-20-16(13)18-10)11-4-2-3-5-15(11)22;3-2(4,5)1(6)7/h2-5,8,10,14,17,22H,6-7,9H2,1H3,(H,18,20);(H,6,7)/t10-,14+;/m1./s1. The summed E-state index contributed by atoms with van der Waals surface area (Å²) >= 11 is 0. The molecule has 2 aromatic rings. The second-order valence-electron chi connectivity index (χ2n) is 6.68. The molecule has 2 atom stereocenters. The molecule has 1 aromatic heterocycles. The van der Waals surface area contributed by atoms with Gasteiger partial charge in [0.05, 0.1) is 17.4 Å². The Morgan fingerprint density at radius 1 is 1.28 bits per heavy atom. The van der Waals surface area contributed by atoms with Crippen molar-refractivity contribution in [2.24, 2.45) is 0 Å². The average molecular weight is 411 g/mol. The fourth-order valence-corrected chi connectivity index (χ4v) is 3.31. The van der Waals surface area contributed by atoms with Gasteiger partial charge in [0.1, 0.15) is 5.75 Å². The Morgan fingerprint density at radius 2 is 1.97 bits per heavy atom. The van der Waals surface area contributed by atoms with Gasteiger partial charge >= 0.3 is 12.1 Å². The molecule has 4 N–H and O–H groups in total. The number of fused-ring (bicyclic) bond motifs is 3. The molecule has 0 unspecified atom stereocenters. The van der Waals surface area contributed by atoms with Gasteiger partial charge in [-0.05, 0) is 25.1 Å². The first kappa shape index (κ1) is 20.6. The summed E-state index contributed by atoms with van der Waals surface area (Å²) in [5.41, 5.74) is 2.48. The van der Waals surface area contributed by atoms with Gasteiger partial charge < -0.3 is 25.7 Å². The molecular formula is C18H20F3N5O3. The highest BCUT2D eigenvalue weighted by Gasteiger charge is 2.38. The van der Waals surface area contributed by atoms with E-state index in [1.807, 2.05) is 18.2 Å². The number of carboxylic acid groups (broad SMARTS) is 1. The topological polar surface area (TPSA) is 111 Å². The fraction of sp³-hybridized carbons (Fsp3) is 0.389. The van der Waals surface area contributed by atoms with Crippen molar-refractivity contribution < 1.29 is 28.2 Å². The van der Waals surface area contributed by atoms with E-state index in [4.69, 9.17) is 9.90 Å². The number of phenols is 1. The van der Waals surface area contributed by atoms with Crippen LogP contribution in [0.4, 0.5) is 24.7 Å². The molecule has 2 aliphatic rings. The number of alkyl halides is 3. The maximum atomic E-state index is 10.6. The van der Waals surface area contributed by atoms with Crippen LogP contribution in [0.1, 0.15) is 6.92 Å².